The zero-order chi connectivity index (χ0) is 22.4. The van der Waals surface area contributed by atoms with Gasteiger partial charge in [0.1, 0.15) is 35.9 Å². The van der Waals surface area contributed by atoms with E-state index in [2.05, 4.69) is 6.07 Å². The lowest BCUT2D eigenvalue weighted by Crippen LogP contribution is -2.53. The van der Waals surface area contributed by atoms with E-state index in [1.54, 1.807) is 6.07 Å². The predicted octanol–water partition coefficient (Wildman–Crippen LogP) is 2.68. The Bertz CT molecular complexity index is 1010. The van der Waals surface area contributed by atoms with Crippen molar-refractivity contribution in [1.82, 2.24) is 0 Å². The molecule has 0 unspecified atom stereocenters. The van der Waals surface area contributed by atoms with Gasteiger partial charge in [-0.3, -0.25) is 0 Å². The first kappa shape index (κ1) is 21.9. The second kappa shape index (κ2) is 8.80. The third kappa shape index (κ3) is 3.76. The number of aliphatic hydroxyl groups is 3. The molecule has 1 fully saturated rings. The summed E-state index contributed by atoms with van der Waals surface area (Å²) < 4.78 is 31.4. The molecular formula is C24H26ClFO6. The number of benzene rings is 2. The van der Waals surface area contributed by atoms with Crippen molar-refractivity contribution in [1.29, 1.82) is 0 Å². The van der Waals surface area contributed by atoms with Crippen LogP contribution in [0.1, 0.15) is 40.3 Å². The van der Waals surface area contributed by atoms with Gasteiger partial charge in [0.2, 0.25) is 0 Å². The monoisotopic (exact) mass is 464 g/mol. The van der Waals surface area contributed by atoms with Crippen molar-refractivity contribution in [3.05, 3.63) is 57.1 Å². The Morgan fingerprint density at radius 3 is 2.72 bits per heavy atom. The molecule has 172 valence electrons. The second-order valence-electron chi connectivity index (χ2n) is 8.62. The molecule has 3 heterocycles. The Hall–Kier alpha value is -1.90. The van der Waals surface area contributed by atoms with Crippen LogP contribution in [-0.4, -0.2) is 59.6 Å². The van der Waals surface area contributed by atoms with Gasteiger partial charge in [0, 0.05) is 17.5 Å². The van der Waals surface area contributed by atoms with Crippen LogP contribution in [0.2, 0.25) is 5.02 Å². The maximum Gasteiger partial charge on any atom is 0.157 e. The molecule has 0 amide bonds. The summed E-state index contributed by atoms with van der Waals surface area (Å²) in [6.07, 6.45) is -4.25. The fourth-order valence-electron chi connectivity index (χ4n) is 4.85. The van der Waals surface area contributed by atoms with Crippen LogP contribution >= 0.6 is 11.6 Å². The normalized spacial score (nSPS) is 29.1. The minimum atomic E-state index is -1.88. The van der Waals surface area contributed by atoms with Crippen LogP contribution in [0.4, 0.5) is 4.39 Å². The molecule has 0 radical (unpaired) electrons. The summed E-state index contributed by atoms with van der Waals surface area (Å²) in [5, 5.41) is 30.9. The molecule has 0 aliphatic carbocycles. The average molecular weight is 465 g/mol. The number of rotatable bonds is 4. The van der Waals surface area contributed by atoms with Gasteiger partial charge < -0.3 is 29.5 Å². The van der Waals surface area contributed by atoms with E-state index in [1.165, 1.54) is 5.56 Å². The van der Waals surface area contributed by atoms with Crippen molar-refractivity contribution in [3.8, 4) is 11.5 Å². The highest BCUT2D eigenvalue weighted by atomic mass is 35.5. The molecule has 3 aliphatic rings. The topological polar surface area (TPSA) is 88.4 Å². The summed E-state index contributed by atoms with van der Waals surface area (Å²) in [7, 11) is 0. The van der Waals surface area contributed by atoms with Crippen LogP contribution < -0.4 is 9.47 Å². The molecule has 0 bridgehead atoms. The molecular weight excluding hydrogens is 439 g/mol. The van der Waals surface area contributed by atoms with Gasteiger partial charge in [-0.2, -0.15) is 0 Å². The van der Waals surface area contributed by atoms with Gasteiger partial charge in [0.15, 0.2) is 6.17 Å². The number of hydrogen-bond donors (Lipinski definition) is 3. The number of ether oxygens (including phenoxy) is 3. The lowest BCUT2D eigenvalue weighted by atomic mass is 9.88. The van der Waals surface area contributed by atoms with Gasteiger partial charge in [-0.1, -0.05) is 23.7 Å². The zero-order valence-corrected chi connectivity index (χ0v) is 18.2. The first-order chi connectivity index (χ1) is 15.5. The van der Waals surface area contributed by atoms with E-state index < -0.39 is 37.2 Å². The van der Waals surface area contributed by atoms with Crippen LogP contribution in [0.3, 0.4) is 0 Å². The molecule has 3 N–H and O–H groups in total. The van der Waals surface area contributed by atoms with Crippen molar-refractivity contribution >= 4 is 11.6 Å². The number of fused-ring (bicyclic) bond motifs is 2. The van der Waals surface area contributed by atoms with Crippen LogP contribution in [-0.2, 0) is 24.0 Å². The summed E-state index contributed by atoms with van der Waals surface area (Å²) >= 11 is 6.75. The quantitative estimate of drug-likeness (QED) is 0.645. The highest BCUT2D eigenvalue weighted by molar-refractivity contribution is 6.32. The van der Waals surface area contributed by atoms with Crippen molar-refractivity contribution in [2.24, 2.45) is 0 Å². The lowest BCUT2D eigenvalue weighted by Gasteiger charge is -2.39. The summed E-state index contributed by atoms with van der Waals surface area (Å²) in [5.74, 6) is 1.42. The van der Waals surface area contributed by atoms with Crippen molar-refractivity contribution < 1.29 is 33.9 Å². The smallest absolute Gasteiger partial charge is 0.157 e. The SMILES string of the molecule is OC[C@H]1O[C@@H](c2cc(Cc3ccc4c(c3)CCCO4)c(Cl)c3c2OCC3)[C@H](O)[C@@H](O)[C@@H]1F. The predicted molar refractivity (Wildman–Crippen MR) is 115 cm³/mol. The third-order valence-electron chi connectivity index (χ3n) is 6.53. The van der Waals surface area contributed by atoms with E-state index in [9.17, 15) is 19.7 Å². The highest BCUT2D eigenvalue weighted by Gasteiger charge is 2.46. The minimum Gasteiger partial charge on any atom is -0.493 e. The molecule has 2 aromatic carbocycles. The molecule has 0 saturated carbocycles. The summed E-state index contributed by atoms with van der Waals surface area (Å²) in [4.78, 5) is 0. The molecule has 0 spiro atoms. The van der Waals surface area contributed by atoms with Crippen LogP contribution in [0, 0.1) is 0 Å². The van der Waals surface area contributed by atoms with E-state index in [0.29, 0.717) is 35.8 Å². The summed E-state index contributed by atoms with van der Waals surface area (Å²) in [5.41, 5.74) is 4.39. The van der Waals surface area contributed by atoms with Gasteiger partial charge in [-0.05, 0) is 48.1 Å². The largest absolute Gasteiger partial charge is 0.493 e. The van der Waals surface area contributed by atoms with E-state index in [0.717, 1.165) is 41.9 Å². The fraction of sp³-hybridized carbons (Fsp3) is 0.500. The minimum absolute atomic E-state index is 0.433. The van der Waals surface area contributed by atoms with E-state index in [-0.39, 0.29) is 0 Å². The van der Waals surface area contributed by atoms with E-state index in [4.69, 9.17) is 25.8 Å². The molecule has 5 atom stereocenters. The molecule has 6 nitrogen and oxygen atoms in total. The number of alkyl halides is 1. The molecule has 0 aromatic heterocycles. The molecule has 5 rings (SSSR count). The molecule has 8 heteroatoms. The number of aliphatic hydroxyl groups excluding tert-OH is 3. The van der Waals surface area contributed by atoms with Crippen LogP contribution in [0.5, 0.6) is 11.5 Å². The maximum atomic E-state index is 14.3. The number of hydrogen-bond acceptors (Lipinski definition) is 6. The summed E-state index contributed by atoms with van der Waals surface area (Å²) in [6, 6.07) is 7.91. The van der Waals surface area contributed by atoms with Crippen molar-refractivity contribution in [3.63, 3.8) is 0 Å². The Kier molecular flexibility index (Phi) is 6.03. The second-order valence-corrected chi connectivity index (χ2v) is 9.00. The highest BCUT2D eigenvalue weighted by Crippen LogP contribution is 2.45. The number of halogens is 2. The number of aryl methyl sites for hydroxylation is 1. The van der Waals surface area contributed by atoms with Gasteiger partial charge in [-0.15, -0.1) is 0 Å². The first-order valence-electron chi connectivity index (χ1n) is 11.0. The molecule has 1 saturated heterocycles. The Labute approximate surface area is 190 Å². The lowest BCUT2D eigenvalue weighted by molar-refractivity contribution is -0.214. The average Bonchev–Trinajstić information content (AvgIpc) is 3.30. The van der Waals surface area contributed by atoms with Gasteiger partial charge >= 0.3 is 0 Å². The Balaban J connectivity index is 1.52. The molecule has 32 heavy (non-hydrogen) atoms. The van der Waals surface area contributed by atoms with Crippen LogP contribution in [0.15, 0.2) is 24.3 Å². The van der Waals surface area contributed by atoms with E-state index in [1.807, 2.05) is 12.1 Å². The van der Waals surface area contributed by atoms with E-state index >= 15 is 0 Å². The Morgan fingerprint density at radius 2 is 1.91 bits per heavy atom. The molecule has 3 aliphatic heterocycles. The van der Waals surface area contributed by atoms with Crippen LogP contribution in [0.25, 0.3) is 0 Å². The van der Waals surface area contributed by atoms with Gasteiger partial charge in [0.25, 0.3) is 0 Å². The summed E-state index contributed by atoms with van der Waals surface area (Å²) in [6.45, 7) is 0.556. The zero-order valence-electron chi connectivity index (χ0n) is 17.5. The fourth-order valence-corrected chi connectivity index (χ4v) is 5.15. The van der Waals surface area contributed by atoms with Gasteiger partial charge in [0.05, 0.1) is 24.8 Å². The third-order valence-corrected chi connectivity index (χ3v) is 7.00. The maximum absolute atomic E-state index is 14.3. The first-order valence-corrected chi connectivity index (χ1v) is 11.3. The van der Waals surface area contributed by atoms with Crippen molar-refractivity contribution in [2.45, 2.75) is 56.3 Å². The van der Waals surface area contributed by atoms with Gasteiger partial charge in [-0.25, -0.2) is 4.39 Å². The standard InChI is InChI=1S/C24H26ClFO6/c25-19-14(9-12-3-4-17-13(8-12)2-1-6-30-17)10-16(23-15(19)5-7-31-23)24-22(29)21(28)20(26)18(11-27)32-24/h3-4,8,10,18,20-22,24,27-29H,1-2,5-7,9,11H2/t18-,20-,21+,22-,24+/m1/s1. The Morgan fingerprint density at radius 1 is 1.06 bits per heavy atom. The van der Waals surface area contributed by atoms with Crippen molar-refractivity contribution in [2.75, 3.05) is 19.8 Å². The molecule has 2 aromatic rings.